The molecule has 6 nitrogen and oxygen atoms in total. The average Bonchev–Trinajstić information content (AvgIpc) is 2.99. The fourth-order valence-electron chi connectivity index (χ4n) is 2.95. The number of carboxylic acid groups (broad SMARTS) is 1. The number of H-pyrrole nitrogens is 1. The fraction of sp³-hybridized carbons (Fsp3) is 0.389. The van der Waals surface area contributed by atoms with Gasteiger partial charge in [0.15, 0.2) is 0 Å². The first kappa shape index (κ1) is 16.2. The summed E-state index contributed by atoms with van der Waals surface area (Å²) in [5.74, 6) is -1.29. The van der Waals surface area contributed by atoms with Crippen molar-refractivity contribution in [2.24, 2.45) is 0 Å². The molecule has 1 aliphatic rings. The van der Waals surface area contributed by atoms with E-state index < -0.39 is 12.0 Å². The number of rotatable bonds is 2. The molecule has 0 saturated carbocycles. The van der Waals surface area contributed by atoms with Crippen LogP contribution < -0.4 is 0 Å². The van der Waals surface area contributed by atoms with Crippen molar-refractivity contribution in [3.8, 4) is 0 Å². The monoisotopic (exact) mass is 327 g/mol. The lowest BCUT2D eigenvalue weighted by molar-refractivity contribution is -0.142. The van der Waals surface area contributed by atoms with Gasteiger partial charge in [-0.25, -0.2) is 9.78 Å². The number of aliphatic carboxylic acids is 1. The van der Waals surface area contributed by atoms with Gasteiger partial charge in [-0.05, 0) is 23.1 Å². The number of fused-ring (bicyclic) bond motifs is 1. The summed E-state index contributed by atoms with van der Waals surface area (Å²) in [6, 6.07) is 6.49. The number of imidazole rings is 1. The number of hydrogen-bond acceptors (Lipinski definition) is 3. The SMILES string of the molecule is CC(C)(C)c1ccc(C(=O)N2Cc3[nH]cnc3CC2C(=O)O)cc1. The Kier molecular flexibility index (Phi) is 3.91. The van der Waals surface area contributed by atoms with Gasteiger partial charge < -0.3 is 15.0 Å². The van der Waals surface area contributed by atoms with Crippen molar-refractivity contribution >= 4 is 11.9 Å². The zero-order valence-corrected chi connectivity index (χ0v) is 14.0. The second-order valence-electron chi connectivity index (χ2n) is 7.15. The van der Waals surface area contributed by atoms with E-state index in [1.165, 1.54) is 11.2 Å². The minimum absolute atomic E-state index is 0.00111. The number of hydrogen-bond donors (Lipinski definition) is 2. The number of aromatic amines is 1. The molecule has 6 heteroatoms. The van der Waals surface area contributed by atoms with Crippen LogP contribution in [-0.4, -0.2) is 37.9 Å². The first-order valence-corrected chi connectivity index (χ1v) is 7.93. The number of carbonyl (C=O) groups is 2. The number of benzene rings is 1. The lowest BCUT2D eigenvalue weighted by Gasteiger charge is -2.32. The molecule has 2 aromatic rings. The molecule has 1 amide bonds. The van der Waals surface area contributed by atoms with E-state index >= 15 is 0 Å². The van der Waals surface area contributed by atoms with Crippen LogP contribution in [0.15, 0.2) is 30.6 Å². The van der Waals surface area contributed by atoms with E-state index in [1.807, 2.05) is 12.1 Å². The third-order valence-corrected chi connectivity index (χ3v) is 4.44. The van der Waals surface area contributed by atoms with Crippen LogP contribution in [0.1, 0.15) is 48.1 Å². The summed E-state index contributed by atoms with van der Waals surface area (Å²) < 4.78 is 0. The van der Waals surface area contributed by atoms with Crippen LogP contribution in [0.5, 0.6) is 0 Å². The number of nitrogens with zero attached hydrogens (tertiary/aromatic N) is 2. The topological polar surface area (TPSA) is 86.3 Å². The summed E-state index contributed by atoms with van der Waals surface area (Å²) in [5, 5.41) is 9.49. The van der Waals surface area contributed by atoms with Gasteiger partial charge in [-0.2, -0.15) is 0 Å². The van der Waals surface area contributed by atoms with Gasteiger partial charge >= 0.3 is 5.97 Å². The molecule has 2 N–H and O–H groups in total. The number of carbonyl (C=O) groups excluding carboxylic acids is 1. The van der Waals surface area contributed by atoms with Crippen molar-refractivity contribution in [1.82, 2.24) is 14.9 Å². The Morgan fingerprint density at radius 2 is 1.92 bits per heavy atom. The Morgan fingerprint density at radius 1 is 1.25 bits per heavy atom. The predicted molar refractivity (Wildman–Crippen MR) is 88.7 cm³/mol. The summed E-state index contributed by atoms with van der Waals surface area (Å²) in [6.45, 7) is 6.55. The zero-order valence-electron chi connectivity index (χ0n) is 14.0. The van der Waals surface area contributed by atoms with Crippen LogP contribution in [0, 0.1) is 0 Å². The molecule has 24 heavy (non-hydrogen) atoms. The molecular formula is C18H21N3O3. The van der Waals surface area contributed by atoms with Crippen LogP contribution in [0.2, 0.25) is 0 Å². The van der Waals surface area contributed by atoms with Crippen LogP contribution in [0.25, 0.3) is 0 Å². The molecular weight excluding hydrogens is 306 g/mol. The molecule has 0 saturated heterocycles. The second-order valence-corrected chi connectivity index (χ2v) is 7.15. The molecule has 1 atom stereocenters. The first-order valence-electron chi connectivity index (χ1n) is 7.93. The van der Waals surface area contributed by atoms with E-state index in [2.05, 4.69) is 30.7 Å². The summed E-state index contributed by atoms with van der Waals surface area (Å²) in [6.07, 6.45) is 1.76. The molecule has 1 aliphatic heterocycles. The number of amides is 1. The Bertz CT molecular complexity index is 772. The van der Waals surface area contributed by atoms with E-state index in [1.54, 1.807) is 12.1 Å². The van der Waals surface area contributed by atoms with Crippen molar-refractivity contribution in [3.05, 3.63) is 53.1 Å². The van der Waals surface area contributed by atoms with Gasteiger partial charge in [-0.15, -0.1) is 0 Å². The maximum atomic E-state index is 12.8. The molecule has 0 bridgehead atoms. The van der Waals surface area contributed by atoms with E-state index in [4.69, 9.17) is 0 Å². The molecule has 0 aliphatic carbocycles. The second kappa shape index (κ2) is 5.78. The van der Waals surface area contributed by atoms with Crippen LogP contribution >= 0.6 is 0 Å². The maximum Gasteiger partial charge on any atom is 0.326 e. The van der Waals surface area contributed by atoms with Gasteiger partial charge in [0, 0.05) is 12.0 Å². The minimum Gasteiger partial charge on any atom is -0.480 e. The Morgan fingerprint density at radius 3 is 2.50 bits per heavy atom. The maximum absolute atomic E-state index is 12.8. The largest absolute Gasteiger partial charge is 0.480 e. The highest BCUT2D eigenvalue weighted by Crippen LogP contribution is 2.25. The van der Waals surface area contributed by atoms with Gasteiger partial charge in [0.05, 0.1) is 24.3 Å². The van der Waals surface area contributed by atoms with Crippen molar-refractivity contribution in [3.63, 3.8) is 0 Å². The Hall–Kier alpha value is -2.63. The van der Waals surface area contributed by atoms with E-state index in [0.717, 1.165) is 17.0 Å². The van der Waals surface area contributed by atoms with Crippen LogP contribution in [-0.2, 0) is 23.2 Å². The van der Waals surface area contributed by atoms with Gasteiger partial charge in [-0.3, -0.25) is 4.79 Å². The lowest BCUT2D eigenvalue weighted by atomic mass is 9.86. The van der Waals surface area contributed by atoms with Crippen molar-refractivity contribution in [1.29, 1.82) is 0 Å². The molecule has 3 rings (SSSR count). The van der Waals surface area contributed by atoms with Gasteiger partial charge in [0.2, 0.25) is 0 Å². The summed E-state index contributed by atoms with van der Waals surface area (Å²) in [4.78, 5) is 32.9. The highest BCUT2D eigenvalue weighted by Gasteiger charge is 2.36. The van der Waals surface area contributed by atoms with Crippen molar-refractivity contribution in [2.45, 2.75) is 45.2 Å². The van der Waals surface area contributed by atoms with E-state index in [0.29, 0.717) is 5.56 Å². The molecule has 1 unspecified atom stereocenters. The molecule has 0 radical (unpaired) electrons. The highest BCUT2D eigenvalue weighted by atomic mass is 16.4. The highest BCUT2D eigenvalue weighted by molar-refractivity contribution is 5.97. The summed E-state index contributed by atoms with van der Waals surface area (Å²) >= 11 is 0. The minimum atomic E-state index is -1.01. The van der Waals surface area contributed by atoms with Crippen LogP contribution in [0.3, 0.4) is 0 Å². The fourth-order valence-corrected chi connectivity index (χ4v) is 2.95. The Balaban J connectivity index is 1.89. The standard InChI is InChI=1S/C18H21N3O3/c1-18(2,3)12-6-4-11(5-7-12)16(22)21-9-14-13(19-10-20-14)8-15(21)17(23)24/h4-7,10,15H,8-9H2,1-3H3,(H,19,20)(H,23,24). The van der Waals surface area contributed by atoms with Crippen LogP contribution in [0.4, 0.5) is 0 Å². The predicted octanol–water partition coefficient (Wildman–Crippen LogP) is 2.36. The molecule has 1 aromatic heterocycles. The molecule has 0 fully saturated rings. The van der Waals surface area contributed by atoms with E-state index in [9.17, 15) is 14.7 Å². The third kappa shape index (κ3) is 2.91. The van der Waals surface area contributed by atoms with Crippen molar-refractivity contribution in [2.75, 3.05) is 0 Å². The van der Waals surface area contributed by atoms with Crippen molar-refractivity contribution < 1.29 is 14.7 Å². The average molecular weight is 327 g/mol. The Labute approximate surface area is 140 Å². The van der Waals surface area contributed by atoms with Gasteiger partial charge in [-0.1, -0.05) is 32.9 Å². The molecule has 0 spiro atoms. The first-order chi connectivity index (χ1) is 11.3. The third-order valence-electron chi connectivity index (χ3n) is 4.44. The lowest BCUT2D eigenvalue weighted by Crippen LogP contribution is -2.48. The summed E-state index contributed by atoms with van der Waals surface area (Å²) in [7, 11) is 0. The molecule has 2 heterocycles. The quantitative estimate of drug-likeness (QED) is 0.886. The molecule has 1 aromatic carbocycles. The number of carboxylic acids is 1. The number of nitrogens with one attached hydrogen (secondary N) is 1. The normalized spacial score (nSPS) is 17.5. The smallest absolute Gasteiger partial charge is 0.326 e. The summed E-state index contributed by atoms with van der Waals surface area (Å²) in [5.41, 5.74) is 3.14. The van der Waals surface area contributed by atoms with Gasteiger partial charge in [0.25, 0.3) is 5.91 Å². The number of aromatic nitrogens is 2. The van der Waals surface area contributed by atoms with E-state index in [-0.39, 0.29) is 24.3 Å². The van der Waals surface area contributed by atoms with Gasteiger partial charge in [0.1, 0.15) is 6.04 Å². The molecule has 126 valence electrons. The zero-order chi connectivity index (χ0) is 17.5.